The maximum absolute atomic E-state index is 4.81. The monoisotopic (exact) mass is 322 g/mol. The molecule has 1 N–H and O–H groups in total. The van der Waals surface area contributed by atoms with E-state index in [1.165, 1.54) is 10.9 Å². The lowest BCUT2D eigenvalue weighted by Crippen LogP contribution is -1.87. The molecule has 0 saturated heterocycles. The number of fused-ring (bicyclic) bond motifs is 2. The van der Waals surface area contributed by atoms with Gasteiger partial charge in [0.25, 0.3) is 0 Å². The number of rotatable bonds is 1. The highest BCUT2D eigenvalue weighted by molar-refractivity contribution is 7.81. The molecule has 4 rings (SSSR count). The summed E-state index contributed by atoms with van der Waals surface area (Å²) in [4.78, 5) is 9.95. The molecule has 2 heterocycles. The van der Waals surface area contributed by atoms with Crippen LogP contribution in [0, 0.1) is 6.92 Å². The second-order valence-electron chi connectivity index (χ2n) is 5.40. The fraction of sp³-hybridized carbons (Fsp3) is 0.0556. The predicted molar refractivity (Wildman–Crippen MR) is 98.3 cm³/mol. The van der Waals surface area contributed by atoms with E-state index in [0.29, 0.717) is 0 Å². The summed E-state index contributed by atoms with van der Waals surface area (Å²) in [6.07, 6.45) is 2.02. The van der Waals surface area contributed by atoms with Gasteiger partial charge in [0.2, 0.25) is 0 Å². The average molecular weight is 322 g/mol. The van der Waals surface area contributed by atoms with Crippen molar-refractivity contribution in [2.45, 2.75) is 16.7 Å². The standard InChI is InChI=1S/C18H14N2S2/c1-10-3-2-4-11-13(9-19-17(10)11)14-6-5-12-15(21)7-8-16(22)18(12)20-14/h2-9,19,21-22H,1H3. The van der Waals surface area contributed by atoms with Crippen LogP contribution in [-0.2, 0) is 0 Å². The van der Waals surface area contributed by atoms with E-state index >= 15 is 0 Å². The predicted octanol–water partition coefficient (Wildman–Crippen LogP) is 5.27. The summed E-state index contributed by atoms with van der Waals surface area (Å²) in [6, 6.07) is 14.3. The normalized spacial score (nSPS) is 11.4. The molecular formula is C18H14N2S2. The van der Waals surface area contributed by atoms with Gasteiger partial charge in [0.1, 0.15) is 0 Å². The van der Waals surface area contributed by atoms with Crippen molar-refractivity contribution in [3.8, 4) is 11.3 Å². The molecule has 0 atom stereocenters. The average Bonchev–Trinajstić information content (AvgIpc) is 2.96. The Hall–Kier alpha value is -1.91. The molecule has 0 fully saturated rings. The smallest absolute Gasteiger partial charge is 0.0853 e. The molecule has 2 nitrogen and oxygen atoms in total. The van der Waals surface area contributed by atoms with Crippen molar-refractivity contribution in [2.24, 2.45) is 0 Å². The Labute approximate surface area is 139 Å². The third-order valence-electron chi connectivity index (χ3n) is 4.01. The number of aromatic amines is 1. The van der Waals surface area contributed by atoms with Gasteiger partial charge < -0.3 is 4.98 Å². The van der Waals surface area contributed by atoms with Crippen LogP contribution in [0.2, 0.25) is 0 Å². The van der Waals surface area contributed by atoms with Gasteiger partial charge in [0, 0.05) is 37.8 Å². The van der Waals surface area contributed by atoms with Crippen LogP contribution in [0.4, 0.5) is 0 Å². The number of hydrogen-bond acceptors (Lipinski definition) is 3. The van der Waals surface area contributed by atoms with Gasteiger partial charge in [0.05, 0.1) is 11.2 Å². The third kappa shape index (κ3) is 2.02. The van der Waals surface area contributed by atoms with Gasteiger partial charge in [-0.2, -0.15) is 0 Å². The number of benzene rings is 2. The number of nitrogens with zero attached hydrogens (tertiary/aromatic N) is 1. The molecule has 108 valence electrons. The topological polar surface area (TPSA) is 28.7 Å². The molecule has 2 aromatic heterocycles. The zero-order valence-electron chi connectivity index (χ0n) is 12.0. The Morgan fingerprint density at radius 3 is 2.59 bits per heavy atom. The molecule has 0 aliphatic carbocycles. The minimum atomic E-state index is 0.866. The summed E-state index contributed by atoms with van der Waals surface area (Å²) in [7, 11) is 0. The van der Waals surface area contributed by atoms with Crippen molar-refractivity contribution in [3.05, 3.63) is 54.2 Å². The molecule has 0 amide bonds. The van der Waals surface area contributed by atoms with Crippen LogP contribution in [0.15, 0.2) is 58.5 Å². The summed E-state index contributed by atoms with van der Waals surface area (Å²) in [5, 5.41) is 2.21. The van der Waals surface area contributed by atoms with Crippen molar-refractivity contribution >= 4 is 47.1 Å². The third-order valence-corrected chi connectivity index (χ3v) is 4.76. The van der Waals surface area contributed by atoms with E-state index in [9.17, 15) is 0 Å². The first-order valence-electron chi connectivity index (χ1n) is 7.04. The van der Waals surface area contributed by atoms with Crippen molar-refractivity contribution < 1.29 is 0 Å². The first kappa shape index (κ1) is 13.7. The quantitative estimate of drug-likeness (QED) is 0.409. The molecule has 4 heteroatoms. The molecule has 0 aliphatic heterocycles. The van der Waals surface area contributed by atoms with Crippen LogP contribution in [-0.4, -0.2) is 9.97 Å². The molecule has 0 bridgehead atoms. The van der Waals surface area contributed by atoms with E-state index in [1.807, 2.05) is 24.4 Å². The van der Waals surface area contributed by atoms with Gasteiger partial charge >= 0.3 is 0 Å². The largest absolute Gasteiger partial charge is 0.360 e. The highest BCUT2D eigenvalue weighted by Gasteiger charge is 2.11. The SMILES string of the molecule is Cc1cccc2c(-c3ccc4c(S)ccc(S)c4n3)c[nH]c12. The van der Waals surface area contributed by atoms with Crippen molar-refractivity contribution in [2.75, 3.05) is 0 Å². The fourth-order valence-electron chi connectivity index (χ4n) is 2.86. The van der Waals surface area contributed by atoms with E-state index in [2.05, 4.69) is 61.4 Å². The van der Waals surface area contributed by atoms with Crippen LogP contribution in [0.25, 0.3) is 33.1 Å². The lowest BCUT2D eigenvalue weighted by Gasteiger charge is -2.06. The molecule has 0 saturated carbocycles. The second-order valence-corrected chi connectivity index (χ2v) is 6.36. The van der Waals surface area contributed by atoms with Crippen molar-refractivity contribution in [1.82, 2.24) is 9.97 Å². The molecule has 0 unspecified atom stereocenters. The van der Waals surface area contributed by atoms with Gasteiger partial charge in [-0.1, -0.05) is 18.2 Å². The Morgan fingerprint density at radius 1 is 0.909 bits per heavy atom. The van der Waals surface area contributed by atoms with Crippen LogP contribution in [0.1, 0.15) is 5.56 Å². The van der Waals surface area contributed by atoms with Gasteiger partial charge in [-0.3, -0.25) is 0 Å². The number of aryl methyl sites for hydroxylation is 1. The number of nitrogens with one attached hydrogen (secondary N) is 1. The summed E-state index contributed by atoms with van der Waals surface area (Å²) in [6.45, 7) is 2.11. The molecule has 2 aromatic carbocycles. The summed E-state index contributed by atoms with van der Waals surface area (Å²) < 4.78 is 0. The van der Waals surface area contributed by atoms with Crippen LogP contribution in [0.3, 0.4) is 0 Å². The second kappa shape index (κ2) is 5.07. The fourth-order valence-corrected chi connectivity index (χ4v) is 3.36. The van der Waals surface area contributed by atoms with E-state index in [4.69, 9.17) is 4.98 Å². The maximum atomic E-state index is 4.81. The van der Waals surface area contributed by atoms with E-state index < -0.39 is 0 Å². The van der Waals surface area contributed by atoms with E-state index in [0.717, 1.165) is 37.5 Å². The van der Waals surface area contributed by atoms with Gasteiger partial charge in [-0.05, 0) is 36.8 Å². The minimum Gasteiger partial charge on any atom is -0.360 e. The van der Waals surface area contributed by atoms with Crippen LogP contribution < -0.4 is 0 Å². The van der Waals surface area contributed by atoms with Gasteiger partial charge in [0.15, 0.2) is 0 Å². The highest BCUT2D eigenvalue weighted by Crippen LogP contribution is 2.32. The number of aromatic nitrogens is 2. The minimum absolute atomic E-state index is 0.866. The Morgan fingerprint density at radius 2 is 1.73 bits per heavy atom. The van der Waals surface area contributed by atoms with E-state index in [-0.39, 0.29) is 0 Å². The number of pyridine rings is 1. The highest BCUT2D eigenvalue weighted by atomic mass is 32.1. The lowest BCUT2D eigenvalue weighted by atomic mass is 10.1. The van der Waals surface area contributed by atoms with Crippen molar-refractivity contribution in [1.29, 1.82) is 0 Å². The number of hydrogen-bond donors (Lipinski definition) is 3. The summed E-state index contributed by atoms with van der Waals surface area (Å²) in [5.74, 6) is 0. The Bertz CT molecular complexity index is 1020. The van der Waals surface area contributed by atoms with Crippen LogP contribution in [0.5, 0.6) is 0 Å². The molecule has 4 aromatic rings. The Kier molecular flexibility index (Phi) is 3.17. The molecular weight excluding hydrogens is 308 g/mol. The summed E-state index contributed by atoms with van der Waals surface area (Å²) >= 11 is 9.03. The lowest BCUT2D eigenvalue weighted by molar-refractivity contribution is 1.32. The maximum Gasteiger partial charge on any atom is 0.0853 e. The molecule has 22 heavy (non-hydrogen) atoms. The number of thiol groups is 2. The molecule has 0 aliphatic rings. The van der Waals surface area contributed by atoms with Gasteiger partial charge in [-0.25, -0.2) is 4.98 Å². The zero-order chi connectivity index (χ0) is 15.3. The number of para-hydroxylation sites is 1. The molecule has 0 spiro atoms. The zero-order valence-corrected chi connectivity index (χ0v) is 13.7. The first-order valence-corrected chi connectivity index (χ1v) is 7.93. The Balaban J connectivity index is 2.01. The van der Waals surface area contributed by atoms with Gasteiger partial charge in [-0.15, -0.1) is 25.3 Å². The molecule has 0 radical (unpaired) electrons. The number of H-pyrrole nitrogens is 1. The summed E-state index contributed by atoms with van der Waals surface area (Å²) in [5.41, 5.74) is 5.33. The van der Waals surface area contributed by atoms with E-state index in [1.54, 1.807) is 0 Å². The van der Waals surface area contributed by atoms with Crippen LogP contribution >= 0.6 is 25.3 Å². The first-order chi connectivity index (χ1) is 10.6. The van der Waals surface area contributed by atoms with Crippen molar-refractivity contribution in [3.63, 3.8) is 0 Å².